The third-order valence-corrected chi connectivity index (χ3v) is 4.49. The van der Waals surface area contributed by atoms with Gasteiger partial charge in [-0.2, -0.15) is 0 Å². The number of hydrogen-bond donors (Lipinski definition) is 1. The molecule has 1 N–H and O–H groups in total. The van der Waals surface area contributed by atoms with Crippen LogP contribution in [0.25, 0.3) is 10.9 Å². The number of fused-ring (bicyclic) bond motifs is 4. The Morgan fingerprint density at radius 2 is 1.70 bits per heavy atom. The quantitative estimate of drug-likeness (QED) is 0.541. The monoisotopic (exact) mass is 306 g/mol. The summed E-state index contributed by atoms with van der Waals surface area (Å²) in [6.45, 7) is 3.63. The van der Waals surface area contributed by atoms with Gasteiger partial charge in [0, 0.05) is 24.0 Å². The molecule has 0 unspecified atom stereocenters. The predicted molar refractivity (Wildman–Crippen MR) is 86.3 cm³/mol. The van der Waals surface area contributed by atoms with Gasteiger partial charge in [0.25, 0.3) is 5.56 Å². The first kappa shape index (κ1) is 13.7. The number of rotatable bonds is 0. The van der Waals surface area contributed by atoms with Gasteiger partial charge in [0.15, 0.2) is 0 Å². The lowest BCUT2D eigenvalue weighted by Gasteiger charge is -2.19. The largest absolute Gasteiger partial charge is 0.351 e. The van der Waals surface area contributed by atoms with E-state index >= 15 is 0 Å². The van der Waals surface area contributed by atoms with Crippen LogP contribution in [-0.4, -0.2) is 21.1 Å². The maximum absolute atomic E-state index is 13.0. The normalized spacial score (nSPS) is 13.3. The third-order valence-electron chi connectivity index (χ3n) is 4.49. The van der Waals surface area contributed by atoms with Gasteiger partial charge in [0.05, 0.1) is 16.8 Å². The number of aryl methyl sites for hydroxylation is 2. The molecule has 1 aromatic carbocycles. The van der Waals surface area contributed by atoms with Gasteiger partial charge in [-0.15, -0.1) is 0 Å². The first-order valence-corrected chi connectivity index (χ1v) is 7.32. The van der Waals surface area contributed by atoms with Crippen molar-refractivity contribution in [2.24, 2.45) is 7.05 Å². The van der Waals surface area contributed by atoms with E-state index in [1.54, 1.807) is 6.92 Å². The highest BCUT2D eigenvalue weighted by Gasteiger charge is 2.36. The van der Waals surface area contributed by atoms with Crippen LogP contribution in [0.3, 0.4) is 0 Å². The highest BCUT2D eigenvalue weighted by molar-refractivity contribution is 6.31. The molecule has 2 heterocycles. The Morgan fingerprint density at radius 1 is 0.957 bits per heavy atom. The van der Waals surface area contributed by atoms with Gasteiger partial charge in [0.1, 0.15) is 5.69 Å². The fourth-order valence-corrected chi connectivity index (χ4v) is 3.33. The standard InChI is InChI=1S/C18H14N2O3/c1-8-4-5-10-11(6-8)19-15-14(10)18(23)16-13(17(15)22)9(2)7-12(21)20(16)3/h4-7,19H,1-3H3. The van der Waals surface area contributed by atoms with Crippen molar-refractivity contribution in [3.8, 4) is 0 Å². The maximum Gasteiger partial charge on any atom is 0.251 e. The van der Waals surface area contributed by atoms with Crippen LogP contribution >= 0.6 is 0 Å². The number of H-pyrrole nitrogens is 1. The highest BCUT2D eigenvalue weighted by atomic mass is 16.1. The zero-order valence-corrected chi connectivity index (χ0v) is 13.0. The van der Waals surface area contributed by atoms with Gasteiger partial charge in [0.2, 0.25) is 11.6 Å². The number of aromatic amines is 1. The predicted octanol–water partition coefficient (Wildman–Crippen LogP) is 2.26. The number of hydrogen-bond acceptors (Lipinski definition) is 3. The first-order valence-electron chi connectivity index (χ1n) is 7.32. The number of benzene rings is 1. The molecule has 0 fully saturated rings. The van der Waals surface area contributed by atoms with Crippen molar-refractivity contribution >= 4 is 22.5 Å². The van der Waals surface area contributed by atoms with Crippen LogP contribution < -0.4 is 5.56 Å². The molecule has 0 spiro atoms. The van der Waals surface area contributed by atoms with Crippen molar-refractivity contribution in [2.45, 2.75) is 13.8 Å². The van der Waals surface area contributed by atoms with Crippen molar-refractivity contribution in [1.29, 1.82) is 0 Å². The minimum Gasteiger partial charge on any atom is -0.351 e. The summed E-state index contributed by atoms with van der Waals surface area (Å²) in [4.78, 5) is 41.0. The summed E-state index contributed by atoms with van der Waals surface area (Å²) in [5.41, 5.74) is 3.19. The Hall–Kier alpha value is -2.95. The molecular weight excluding hydrogens is 292 g/mol. The van der Waals surface area contributed by atoms with Gasteiger partial charge in [-0.05, 0) is 31.0 Å². The van der Waals surface area contributed by atoms with E-state index in [2.05, 4.69) is 4.98 Å². The van der Waals surface area contributed by atoms with Gasteiger partial charge in [-0.3, -0.25) is 14.4 Å². The molecule has 1 aliphatic rings. The molecule has 0 bridgehead atoms. The molecule has 1 aliphatic carbocycles. The van der Waals surface area contributed by atoms with Gasteiger partial charge in [-0.25, -0.2) is 0 Å². The highest BCUT2D eigenvalue weighted by Crippen LogP contribution is 2.33. The van der Waals surface area contributed by atoms with E-state index in [1.807, 2.05) is 25.1 Å². The summed E-state index contributed by atoms with van der Waals surface area (Å²) in [7, 11) is 1.52. The van der Waals surface area contributed by atoms with Crippen molar-refractivity contribution in [3.05, 3.63) is 68.3 Å². The smallest absolute Gasteiger partial charge is 0.251 e. The maximum atomic E-state index is 13.0. The molecule has 0 saturated heterocycles. The lowest BCUT2D eigenvalue weighted by atomic mass is 9.87. The fourth-order valence-electron chi connectivity index (χ4n) is 3.33. The van der Waals surface area contributed by atoms with Crippen molar-refractivity contribution in [1.82, 2.24) is 9.55 Å². The van der Waals surface area contributed by atoms with Gasteiger partial charge >= 0.3 is 0 Å². The van der Waals surface area contributed by atoms with Crippen LogP contribution in [0, 0.1) is 13.8 Å². The van der Waals surface area contributed by atoms with E-state index in [4.69, 9.17) is 0 Å². The summed E-state index contributed by atoms with van der Waals surface area (Å²) in [6.07, 6.45) is 0. The van der Waals surface area contributed by atoms with E-state index in [-0.39, 0.29) is 22.8 Å². The Bertz CT molecular complexity index is 1100. The topological polar surface area (TPSA) is 71.9 Å². The second kappa shape index (κ2) is 4.29. The third kappa shape index (κ3) is 1.64. The van der Waals surface area contributed by atoms with Crippen LogP contribution in [-0.2, 0) is 7.05 Å². The molecule has 23 heavy (non-hydrogen) atoms. The Labute approximate surface area is 131 Å². The number of carbonyl (C=O) groups excluding carboxylic acids is 2. The Morgan fingerprint density at radius 3 is 2.43 bits per heavy atom. The van der Waals surface area contributed by atoms with Crippen molar-refractivity contribution in [3.63, 3.8) is 0 Å². The molecule has 0 radical (unpaired) electrons. The lowest BCUT2D eigenvalue weighted by molar-refractivity contribution is 0.0970. The number of pyridine rings is 1. The van der Waals surface area contributed by atoms with E-state index in [1.165, 1.54) is 17.7 Å². The van der Waals surface area contributed by atoms with Crippen LogP contribution in [0.1, 0.15) is 43.2 Å². The summed E-state index contributed by atoms with van der Waals surface area (Å²) >= 11 is 0. The van der Waals surface area contributed by atoms with E-state index in [9.17, 15) is 14.4 Å². The average molecular weight is 306 g/mol. The molecule has 0 aliphatic heterocycles. The minimum absolute atomic E-state index is 0.175. The van der Waals surface area contributed by atoms with Gasteiger partial charge in [-0.1, -0.05) is 12.1 Å². The van der Waals surface area contributed by atoms with Gasteiger partial charge < -0.3 is 9.55 Å². The summed E-state index contributed by atoms with van der Waals surface area (Å²) in [5.74, 6) is -0.524. The molecule has 3 aromatic rings. The number of nitrogens with one attached hydrogen (secondary N) is 1. The molecule has 4 rings (SSSR count). The SMILES string of the molecule is Cc1ccc2c3c([nH]c2c1)C(=O)c1c(C)cc(=O)n(C)c1C3=O. The molecule has 0 atom stereocenters. The number of ketones is 2. The Kier molecular flexibility index (Phi) is 2.55. The lowest BCUT2D eigenvalue weighted by Crippen LogP contribution is -2.31. The van der Waals surface area contributed by atoms with Crippen molar-refractivity contribution < 1.29 is 9.59 Å². The second-order valence-corrected chi connectivity index (χ2v) is 6.03. The van der Waals surface area contributed by atoms with E-state index in [0.717, 1.165) is 11.1 Å². The average Bonchev–Trinajstić information content (AvgIpc) is 2.87. The molecular formula is C18H14N2O3. The molecule has 0 amide bonds. The van der Waals surface area contributed by atoms with E-state index in [0.29, 0.717) is 27.8 Å². The van der Waals surface area contributed by atoms with Crippen molar-refractivity contribution in [2.75, 3.05) is 0 Å². The summed E-state index contributed by atoms with van der Waals surface area (Å²) in [5, 5.41) is 0.712. The van der Waals surface area contributed by atoms with Crippen LogP contribution in [0.4, 0.5) is 0 Å². The zero-order valence-electron chi connectivity index (χ0n) is 13.0. The summed E-state index contributed by atoms with van der Waals surface area (Å²) in [6, 6.07) is 7.04. The minimum atomic E-state index is -0.290. The number of aromatic nitrogens is 2. The van der Waals surface area contributed by atoms with Crippen LogP contribution in [0.2, 0.25) is 0 Å². The fraction of sp³-hybridized carbons (Fsp3) is 0.167. The molecule has 114 valence electrons. The molecule has 2 aromatic heterocycles. The Balaban J connectivity index is 2.16. The second-order valence-electron chi connectivity index (χ2n) is 6.03. The molecule has 5 heteroatoms. The zero-order chi connectivity index (χ0) is 16.5. The number of carbonyl (C=O) groups is 2. The summed E-state index contributed by atoms with van der Waals surface area (Å²) < 4.78 is 1.26. The first-order chi connectivity index (χ1) is 10.9. The van der Waals surface area contributed by atoms with E-state index < -0.39 is 0 Å². The number of nitrogens with zero attached hydrogens (tertiary/aromatic N) is 1. The molecule has 0 saturated carbocycles. The van der Waals surface area contributed by atoms with Crippen LogP contribution in [0.15, 0.2) is 29.1 Å². The van der Waals surface area contributed by atoms with Crippen LogP contribution in [0.5, 0.6) is 0 Å². The molecule has 5 nitrogen and oxygen atoms in total.